The Morgan fingerprint density at radius 3 is 2.50 bits per heavy atom. The van der Waals surface area contributed by atoms with Crippen LogP contribution in [0.4, 0.5) is 0 Å². The van der Waals surface area contributed by atoms with E-state index >= 15 is 0 Å². The van der Waals surface area contributed by atoms with Crippen LogP contribution in [0.25, 0.3) is 16.5 Å². The van der Waals surface area contributed by atoms with E-state index in [0.29, 0.717) is 5.56 Å². The van der Waals surface area contributed by atoms with E-state index in [0.717, 1.165) is 33.4 Å². The van der Waals surface area contributed by atoms with Crippen molar-refractivity contribution in [2.24, 2.45) is 5.10 Å². The van der Waals surface area contributed by atoms with E-state index in [1.54, 1.807) is 24.4 Å². The number of carboxylic acids is 1. The Hall–Kier alpha value is -3.90. The second-order valence-corrected chi connectivity index (χ2v) is 7.76. The first kappa shape index (κ1) is 21.3. The molecule has 32 heavy (non-hydrogen) atoms. The highest BCUT2D eigenvalue weighted by Gasteiger charge is 2.14. The lowest BCUT2D eigenvalue weighted by atomic mass is 10.0. The standard InChI is InChI=1S/C25H20ClN3O3/c1-15-12-18(16(2)29(15)19-10-11-22(25(31)32)23(26)13-19)14-27-28-24(30)21-9-5-7-17-6-3-4-8-20(17)21/h3-14H,1-2H3,(H,28,30)(H,31,32)/b27-14-. The second kappa shape index (κ2) is 8.69. The van der Waals surface area contributed by atoms with Gasteiger partial charge < -0.3 is 9.67 Å². The molecule has 0 radical (unpaired) electrons. The van der Waals surface area contributed by atoms with Crippen LogP contribution in [0.3, 0.4) is 0 Å². The molecule has 1 heterocycles. The maximum absolute atomic E-state index is 12.7. The van der Waals surface area contributed by atoms with Crippen LogP contribution in [0, 0.1) is 13.8 Å². The molecule has 3 aromatic carbocycles. The van der Waals surface area contributed by atoms with Crippen LogP contribution in [0.15, 0.2) is 71.8 Å². The van der Waals surface area contributed by atoms with Gasteiger partial charge in [0.15, 0.2) is 0 Å². The summed E-state index contributed by atoms with van der Waals surface area (Å²) in [6, 6.07) is 20.0. The van der Waals surface area contributed by atoms with Crippen molar-refractivity contribution in [2.45, 2.75) is 13.8 Å². The Kier molecular flexibility index (Phi) is 5.79. The molecule has 0 aliphatic heterocycles. The molecule has 0 aliphatic rings. The van der Waals surface area contributed by atoms with Crippen molar-refractivity contribution < 1.29 is 14.7 Å². The maximum Gasteiger partial charge on any atom is 0.337 e. The van der Waals surface area contributed by atoms with Gasteiger partial charge in [-0.2, -0.15) is 5.10 Å². The van der Waals surface area contributed by atoms with Crippen LogP contribution in [-0.4, -0.2) is 27.8 Å². The Labute approximate surface area is 189 Å². The summed E-state index contributed by atoms with van der Waals surface area (Å²) >= 11 is 6.14. The van der Waals surface area contributed by atoms with Crippen molar-refractivity contribution in [3.8, 4) is 5.69 Å². The van der Waals surface area contributed by atoms with Crippen LogP contribution in [0.1, 0.15) is 37.7 Å². The number of nitrogens with one attached hydrogen (secondary N) is 1. The van der Waals surface area contributed by atoms with Gasteiger partial charge in [0, 0.05) is 28.2 Å². The molecule has 0 saturated carbocycles. The van der Waals surface area contributed by atoms with Gasteiger partial charge in [0.05, 0.1) is 16.8 Å². The van der Waals surface area contributed by atoms with Crippen LogP contribution < -0.4 is 5.43 Å². The molecule has 0 bridgehead atoms. The molecule has 0 saturated heterocycles. The molecule has 0 fully saturated rings. The smallest absolute Gasteiger partial charge is 0.337 e. The summed E-state index contributed by atoms with van der Waals surface area (Å²) in [4.78, 5) is 23.9. The molecule has 0 unspecified atom stereocenters. The normalized spacial score (nSPS) is 11.2. The summed E-state index contributed by atoms with van der Waals surface area (Å²) in [5.41, 5.74) is 6.57. The Morgan fingerprint density at radius 2 is 1.75 bits per heavy atom. The summed E-state index contributed by atoms with van der Waals surface area (Å²) in [5, 5.41) is 15.3. The number of aromatic nitrogens is 1. The van der Waals surface area contributed by atoms with Crippen LogP contribution in [-0.2, 0) is 0 Å². The lowest BCUT2D eigenvalue weighted by Gasteiger charge is -2.11. The van der Waals surface area contributed by atoms with Crippen molar-refractivity contribution in [2.75, 3.05) is 0 Å². The first-order valence-electron chi connectivity index (χ1n) is 9.90. The molecule has 4 aromatic rings. The quantitative estimate of drug-likeness (QED) is 0.320. The highest BCUT2D eigenvalue weighted by molar-refractivity contribution is 6.33. The number of fused-ring (bicyclic) bond motifs is 1. The van der Waals surface area contributed by atoms with Gasteiger partial charge in [0.1, 0.15) is 0 Å². The van der Waals surface area contributed by atoms with Crippen LogP contribution in [0.5, 0.6) is 0 Å². The van der Waals surface area contributed by atoms with Gasteiger partial charge in [-0.25, -0.2) is 10.2 Å². The number of carbonyl (C=O) groups is 2. The van der Waals surface area contributed by atoms with Gasteiger partial charge in [0.25, 0.3) is 5.91 Å². The van der Waals surface area contributed by atoms with Crippen molar-refractivity contribution in [1.82, 2.24) is 9.99 Å². The zero-order valence-corrected chi connectivity index (χ0v) is 18.2. The van der Waals surface area contributed by atoms with Crippen molar-refractivity contribution in [3.05, 3.63) is 99.8 Å². The van der Waals surface area contributed by atoms with Crippen LogP contribution in [0.2, 0.25) is 5.02 Å². The zero-order valence-electron chi connectivity index (χ0n) is 17.5. The molecule has 1 aromatic heterocycles. The van der Waals surface area contributed by atoms with E-state index < -0.39 is 5.97 Å². The van der Waals surface area contributed by atoms with Gasteiger partial charge in [0.2, 0.25) is 0 Å². The molecule has 0 atom stereocenters. The number of aromatic carboxylic acids is 1. The summed E-state index contributed by atoms with van der Waals surface area (Å²) in [5.74, 6) is -1.36. The number of hydrazone groups is 1. The first-order chi connectivity index (χ1) is 15.4. The topological polar surface area (TPSA) is 83.7 Å². The molecule has 6 nitrogen and oxygen atoms in total. The van der Waals surface area contributed by atoms with E-state index in [1.807, 2.05) is 60.9 Å². The maximum atomic E-state index is 12.7. The highest BCUT2D eigenvalue weighted by Crippen LogP contribution is 2.25. The SMILES string of the molecule is Cc1cc(/C=N\NC(=O)c2cccc3ccccc23)c(C)n1-c1ccc(C(=O)O)c(Cl)c1. The third-order valence-electron chi connectivity index (χ3n) is 5.32. The number of hydrogen-bond acceptors (Lipinski definition) is 3. The van der Waals surface area contributed by atoms with Crippen molar-refractivity contribution in [1.29, 1.82) is 0 Å². The first-order valence-corrected chi connectivity index (χ1v) is 10.3. The minimum absolute atomic E-state index is 0.0517. The summed E-state index contributed by atoms with van der Waals surface area (Å²) in [6.45, 7) is 3.85. The molecule has 0 spiro atoms. The highest BCUT2D eigenvalue weighted by atomic mass is 35.5. The number of benzene rings is 3. The van der Waals surface area contributed by atoms with Crippen molar-refractivity contribution >= 4 is 40.5 Å². The van der Waals surface area contributed by atoms with Gasteiger partial charge >= 0.3 is 5.97 Å². The average molecular weight is 446 g/mol. The van der Waals surface area contributed by atoms with Gasteiger partial charge in [-0.05, 0) is 55.0 Å². The predicted octanol–water partition coefficient (Wildman–Crippen LogP) is 5.36. The fourth-order valence-corrected chi connectivity index (χ4v) is 4.03. The number of aryl methyl sites for hydroxylation is 1. The summed E-state index contributed by atoms with van der Waals surface area (Å²) in [6.07, 6.45) is 1.59. The van der Waals surface area contributed by atoms with Crippen molar-refractivity contribution in [3.63, 3.8) is 0 Å². The average Bonchev–Trinajstić information content (AvgIpc) is 3.05. The molecular weight excluding hydrogens is 426 g/mol. The van der Waals surface area contributed by atoms with E-state index in [2.05, 4.69) is 10.5 Å². The number of nitrogens with zero attached hydrogens (tertiary/aromatic N) is 2. The van der Waals surface area contributed by atoms with E-state index in [4.69, 9.17) is 11.6 Å². The Balaban J connectivity index is 1.57. The molecule has 2 N–H and O–H groups in total. The lowest BCUT2D eigenvalue weighted by molar-refractivity contribution is 0.0696. The number of rotatable bonds is 5. The number of carboxylic acid groups (broad SMARTS) is 1. The molecule has 160 valence electrons. The van der Waals surface area contributed by atoms with Crippen LogP contribution >= 0.6 is 11.6 Å². The van der Waals surface area contributed by atoms with Gasteiger partial charge in [-0.3, -0.25) is 4.79 Å². The lowest BCUT2D eigenvalue weighted by Crippen LogP contribution is -2.18. The number of halogens is 1. The van der Waals surface area contributed by atoms with Gasteiger partial charge in [-0.15, -0.1) is 0 Å². The molecule has 7 heteroatoms. The molecule has 0 aliphatic carbocycles. The number of amides is 1. The minimum Gasteiger partial charge on any atom is -0.478 e. The Morgan fingerprint density at radius 1 is 1.00 bits per heavy atom. The summed E-state index contributed by atoms with van der Waals surface area (Å²) < 4.78 is 1.95. The predicted molar refractivity (Wildman–Crippen MR) is 126 cm³/mol. The largest absolute Gasteiger partial charge is 0.478 e. The molecule has 1 amide bonds. The molecular formula is C25H20ClN3O3. The fourth-order valence-electron chi connectivity index (χ4n) is 3.78. The second-order valence-electron chi connectivity index (χ2n) is 7.36. The number of carbonyl (C=O) groups excluding carboxylic acids is 1. The van der Waals surface area contributed by atoms with E-state index in [-0.39, 0.29) is 16.5 Å². The van der Waals surface area contributed by atoms with E-state index in [9.17, 15) is 14.7 Å². The van der Waals surface area contributed by atoms with Gasteiger partial charge in [-0.1, -0.05) is 48.0 Å². The monoisotopic (exact) mass is 445 g/mol. The van der Waals surface area contributed by atoms with E-state index in [1.165, 1.54) is 6.07 Å². The minimum atomic E-state index is -1.07. The fraction of sp³-hybridized carbons (Fsp3) is 0.0800. The summed E-state index contributed by atoms with van der Waals surface area (Å²) in [7, 11) is 0. The zero-order chi connectivity index (χ0) is 22.8. The Bertz CT molecular complexity index is 1380. The number of hydrogen-bond donors (Lipinski definition) is 2. The third kappa shape index (κ3) is 4.00. The molecule has 4 rings (SSSR count). The third-order valence-corrected chi connectivity index (χ3v) is 5.63.